The molecular formula is C22H21ClN2O4S. The van der Waals surface area contributed by atoms with Crippen LogP contribution in [0.1, 0.15) is 15.9 Å². The first kappa shape index (κ1) is 21.7. The van der Waals surface area contributed by atoms with Crippen molar-refractivity contribution in [1.29, 1.82) is 0 Å². The number of benzene rings is 3. The number of carbonyl (C=O) groups excluding carboxylic acids is 1. The number of hydrogen-bond acceptors (Lipinski definition) is 4. The van der Waals surface area contributed by atoms with Crippen molar-refractivity contribution in [3.8, 4) is 5.75 Å². The number of carbonyl (C=O) groups is 1. The van der Waals surface area contributed by atoms with Gasteiger partial charge in [-0.2, -0.15) is 0 Å². The summed E-state index contributed by atoms with van der Waals surface area (Å²) >= 11 is 6.03. The van der Waals surface area contributed by atoms with Crippen LogP contribution in [-0.4, -0.2) is 27.5 Å². The number of ether oxygens (including phenoxy) is 1. The first-order valence-electron chi connectivity index (χ1n) is 9.21. The summed E-state index contributed by atoms with van der Waals surface area (Å²) in [7, 11) is -3.75. The Morgan fingerprint density at radius 1 is 0.967 bits per heavy atom. The maximum absolute atomic E-state index is 12.6. The number of halogens is 1. The molecule has 0 bridgehead atoms. The van der Waals surface area contributed by atoms with Crippen LogP contribution in [0, 0.1) is 6.92 Å². The topological polar surface area (TPSA) is 84.5 Å². The summed E-state index contributed by atoms with van der Waals surface area (Å²) in [6.07, 6.45) is 0. The molecule has 0 aliphatic rings. The Morgan fingerprint density at radius 2 is 1.67 bits per heavy atom. The van der Waals surface area contributed by atoms with Gasteiger partial charge in [-0.3, -0.25) is 9.52 Å². The molecule has 0 saturated carbocycles. The van der Waals surface area contributed by atoms with Crippen molar-refractivity contribution < 1.29 is 17.9 Å². The van der Waals surface area contributed by atoms with Gasteiger partial charge in [-0.1, -0.05) is 48.0 Å². The fraction of sp³-hybridized carbons (Fsp3) is 0.136. The Kier molecular flexibility index (Phi) is 6.97. The molecule has 3 aromatic carbocycles. The van der Waals surface area contributed by atoms with Gasteiger partial charge in [0, 0.05) is 5.56 Å². The molecule has 0 atom stereocenters. The molecule has 156 valence electrons. The molecule has 2 N–H and O–H groups in total. The third kappa shape index (κ3) is 5.31. The predicted octanol–water partition coefficient (Wildman–Crippen LogP) is 4.26. The zero-order valence-corrected chi connectivity index (χ0v) is 17.8. The number of anilines is 1. The van der Waals surface area contributed by atoms with Gasteiger partial charge in [-0.25, -0.2) is 8.42 Å². The molecule has 0 spiro atoms. The van der Waals surface area contributed by atoms with E-state index in [-0.39, 0.29) is 24.0 Å². The molecular weight excluding hydrogens is 424 g/mol. The van der Waals surface area contributed by atoms with Crippen molar-refractivity contribution in [2.45, 2.75) is 11.8 Å². The number of para-hydroxylation sites is 1. The van der Waals surface area contributed by atoms with Crippen LogP contribution in [0.5, 0.6) is 5.75 Å². The van der Waals surface area contributed by atoms with Crippen molar-refractivity contribution in [3.63, 3.8) is 0 Å². The van der Waals surface area contributed by atoms with Gasteiger partial charge in [0.15, 0.2) is 0 Å². The van der Waals surface area contributed by atoms with E-state index in [1.807, 2.05) is 6.07 Å². The second-order valence-electron chi connectivity index (χ2n) is 6.43. The van der Waals surface area contributed by atoms with Crippen LogP contribution in [-0.2, 0) is 10.0 Å². The Balaban J connectivity index is 1.64. The van der Waals surface area contributed by atoms with Crippen LogP contribution < -0.4 is 14.8 Å². The molecule has 0 unspecified atom stereocenters. The zero-order chi connectivity index (χ0) is 21.6. The second kappa shape index (κ2) is 9.65. The molecule has 0 fully saturated rings. The van der Waals surface area contributed by atoms with Crippen LogP contribution in [0.15, 0.2) is 77.7 Å². The number of amides is 1. The molecule has 1 amide bonds. The Bertz CT molecular complexity index is 1130. The third-order valence-electron chi connectivity index (χ3n) is 4.36. The highest BCUT2D eigenvalue weighted by atomic mass is 35.5. The fourth-order valence-electron chi connectivity index (χ4n) is 2.78. The summed E-state index contributed by atoms with van der Waals surface area (Å²) in [4.78, 5) is 12.7. The number of hydrogen-bond donors (Lipinski definition) is 2. The number of sulfonamides is 1. The van der Waals surface area contributed by atoms with E-state index in [0.29, 0.717) is 27.6 Å². The van der Waals surface area contributed by atoms with Gasteiger partial charge in [0.05, 0.1) is 22.2 Å². The van der Waals surface area contributed by atoms with Crippen molar-refractivity contribution in [2.75, 3.05) is 17.9 Å². The molecule has 3 aromatic rings. The van der Waals surface area contributed by atoms with Crippen LogP contribution in [0.25, 0.3) is 0 Å². The lowest BCUT2D eigenvalue weighted by Crippen LogP contribution is -2.29. The highest BCUT2D eigenvalue weighted by Crippen LogP contribution is 2.24. The summed E-state index contributed by atoms with van der Waals surface area (Å²) in [5.41, 5.74) is 1.25. The normalized spacial score (nSPS) is 11.0. The molecule has 6 nitrogen and oxygen atoms in total. The van der Waals surface area contributed by atoms with E-state index in [4.69, 9.17) is 16.3 Å². The summed E-state index contributed by atoms with van der Waals surface area (Å²) < 4.78 is 33.2. The SMILES string of the molecule is Cc1c(NS(=O)(=O)c2ccccc2)cccc1C(=O)NCCOc1ccccc1Cl. The van der Waals surface area contributed by atoms with Crippen LogP contribution >= 0.6 is 11.6 Å². The van der Waals surface area contributed by atoms with Gasteiger partial charge < -0.3 is 10.1 Å². The van der Waals surface area contributed by atoms with Gasteiger partial charge in [-0.15, -0.1) is 0 Å². The van der Waals surface area contributed by atoms with Gasteiger partial charge in [0.1, 0.15) is 12.4 Å². The monoisotopic (exact) mass is 444 g/mol. The Labute approximate surface area is 180 Å². The molecule has 0 saturated heterocycles. The first-order valence-corrected chi connectivity index (χ1v) is 11.1. The molecule has 8 heteroatoms. The van der Waals surface area contributed by atoms with Gasteiger partial charge in [0.25, 0.3) is 15.9 Å². The van der Waals surface area contributed by atoms with E-state index in [9.17, 15) is 13.2 Å². The van der Waals surface area contributed by atoms with Crippen molar-refractivity contribution in [1.82, 2.24) is 5.32 Å². The largest absolute Gasteiger partial charge is 0.490 e. The summed E-state index contributed by atoms with van der Waals surface area (Å²) in [5, 5.41) is 3.27. The molecule has 30 heavy (non-hydrogen) atoms. The highest BCUT2D eigenvalue weighted by Gasteiger charge is 2.17. The van der Waals surface area contributed by atoms with Crippen LogP contribution in [0.3, 0.4) is 0 Å². The summed E-state index contributed by atoms with van der Waals surface area (Å²) in [5.74, 6) is 0.220. The average Bonchev–Trinajstić information content (AvgIpc) is 2.74. The molecule has 0 aromatic heterocycles. The molecule has 0 aliphatic carbocycles. The maximum Gasteiger partial charge on any atom is 0.261 e. The second-order valence-corrected chi connectivity index (χ2v) is 8.52. The van der Waals surface area contributed by atoms with Crippen molar-refractivity contribution in [2.24, 2.45) is 0 Å². The molecule has 0 aliphatic heterocycles. The van der Waals surface area contributed by atoms with Gasteiger partial charge in [-0.05, 0) is 48.9 Å². The average molecular weight is 445 g/mol. The lowest BCUT2D eigenvalue weighted by Gasteiger charge is -2.14. The van der Waals surface area contributed by atoms with Gasteiger partial charge >= 0.3 is 0 Å². The van der Waals surface area contributed by atoms with Crippen LogP contribution in [0.2, 0.25) is 5.02 Å². The first-order chi connectivity index (χ1) is 14.4. The Hall–Kier alpha value is -3.03. The fourth-order valence-corrected chi connectivity index (χ4v) is 4.11. The van der Waals surface area contributed by atoms with E-state index >= 15 is 0 Å². The lowest BCUT2D eigenvalue weighted by atomic mass is 10.1. The van der Waals surface area contributed by atoms with E-state index in [1.54, 1.807) is 61.5 Å². The minimum atomic E-state index is -3.75. The predicted molar refractivity (Wildman–Crippen MR) is 118 cm³/mol. The minimum Gasteiger partial charge on any atom is -0.490 e. The highest BCUT2D eigenvalue weighted by molar-refractivity contribution is 7.92. The molecule has 3 rings (SSSR count). The van der Waals surface area contributed by atoms with E-state index in [1.165, 1.54) is 12.1 Å². The maximum atomic E-state index is 12.6. The summed E-state index contributed by atoms with van der Waals surface area (Å²) in [6, 6.07) is 20.0. The summed E-state index contributed by atoms with van der Waals surface area (Å²) in [6.45, 7) is 2.20. The van der Waals surface area contributed by atoms with Crippen LogP contribution in [0.4, 0.5) is 5.69 Å². The molecule has 0 heterocycles. The minimum absolute atomic E-state index is 0.149. The molecule has 0 radical (unpaired) electrons. The van der Waals surface area contributed by atoms with E-state index < -0.39 is 10.0 Å². The standard InChI is InChI=1S/C22H21ClN2O4S/c1-16-18(22(26)24-14-15-29-21-13-6-5-11-19(21)23)10-7-12-20(16)25-30(27,28)17-8-3-2-4-9-17/h2-13,25H,14-15H2,1H3,(H,24,26). The van der Waals surface area contributed by atoms with Crippen molar-refractivity contribution in [3.05, 3.63) is 88.9 Å². The number of rotatable bonds is 8. The lowest BCUT2D eigenvalue weighted by molar-refractivity contribution is 0.0946. The quantitative estimate of drug-likeness (QED) is 0.508. The number of nitrogens with one attached hydrogen (secondary N) is 2. The smallest absolute Gasteiger partial charge is 0.261 e. The van der Waals surface area contributed by atoms with Crippen molar-refractivity contribution >= 4 is 33.2 Å². The Morgan fingerprint density at radius 3 is 2.40 bits per heavy atom. The van der Waals surface area contributed by atoms with E-state index in [0.717, 1.165) is 0 Å². The van der Waals surface area contributed by atoms with E-state index in [2.05, 4.69) is 10.0 Å². The van der Waals surface area contributed by atoms with Gasteiger partial charge in [0.2, 0.25) is 0 Å². The third-order valence-corrected chi connectivity index (χ3v) is 6.05. The zero-order valence-electron chi connectivity index (χ0n) is 16.3.